The van der Waals surface area contributed by atoms with Crippen molar-refractivity contribution in [1.82, 2.24) is 15.2 Å². The number of amides is 1. The predicted octanol–water partition coefficient (Wildman–Crippen LogP) is 3.18. The highest BCUT2D eigenvalue weighted by molar-refractivity contribution is 6.29. The number of hydrogen-bond acceptors (Lipinski definition) is 3. The van der Waals surface area contributed by atoms with Gasteiger partial charge in [0.05, 0.1) is 0 Å². The van der Waals surface area contributed by atoms with Crippen molar-refractivity contribution < 1.29 is 4.79 Å². The number of aromatic nitrogens is 1. The number of hydrogen-bond donors (Lipinski definition) is 1. The molecule has 4 nitrogen and oxygen atoms in total. The van der Waals surface area contributed by atoms with Crippen LogP contribution in [0.2, 0.25) is 5.15 Å². The average molecular weight is 312 g/mol. The van der Waals surface area contributed by atoms with Crippen molar-refractivity contribution in [3.8, 4) is 0 Å². The maximum absolute atomic E-state index is 12.3. The van der Waals surface area contributed by atoms with Gasteiger partial charge in [-0.05, 0) is 37.6 Å². The lowest BCUT2D eigenvalue weighted by atomic mass is 9.93. The molecule has 0 aromatic carbocycles. The molecule has 5 heteroatoms. The maximum Gasteiger partial charge on any atom is 0.251 e. The fraction of sp³-hybridized carbons (Fsp3) is 0.625. The van der Waals surface area contributed by atoms with E-state index in [0.29, 0.717) is 17.3 Å². The molecule has 0 atom stereocenters. The molecule has 0 aliphatic rings. The van der Waals surface area contributed by atoms with Crippen molar-refractivity contribution in [2.45, 2.75) is 33.6 Å². The fourth-order valence-corrected chi connectivity index (χ4v) is 2.49. The molecule has 1 rings (SSSR count). The number of carbonyl (C=O) groups is 1. The SMILES string of the molecule is CC(C)c1cc(C(=O)NCC(C)(C)CN(C)C)cc(Cl)n1. The summed E-state index contributed by atoms with van der Waals surface area (Å²) in [6, 6.07) is 3.42. The molecule has 0 aliphatic carbocycles. The van der Waals surface area contributed by atoms with Gasteiger partial charge in [-0.25, -0.2) is 4.98 Å². The van der Waals surface area contributed by atoms with E-state index in [2.05, 4.69) is 29.0 Å². The molecule has 1 heterocycles. The Kier molecular flexibility index (Phi) is 6.17. The monoisotopic (exact) mass is 311 g/mol. The molecule has 0 fully saturated rings. The minimum Gasteiger partial charge on any atom is -0.351 e. The second kappa shape index (κ2) is 7.23. The van der Waals surface area contributed by atoms with Gasteiger partial charge in [-0.15, -0.1) is 0 Å². The van der Waals surface area contributed by atoms with E-state index in [1.165, 1.54) is 0 Å². The van der Waals surface area contributed by atoms with Crippen molar-refractivity contribution >= 4 is 17.5 Å². The first-order chi connectivity index (χ1) is 9.60. The van der Waals surface area contributed by atoms with Gasteiger partial charge in [-0.3, -0.25) is 4.79 Å². The van der Waals surface area contributed by atoms with Gasteiger partial charge in [0.1, 0.15) is 5.15 Å². The van der Waals surface area contributed by atoms with Gasteiger partial charge >= 0.3 is 0 Å². The molecule has 0 spiro atoms. The van der Waals surface area contributed by atoms with Gasteiger partial charge in [0.15, 0.2) is 0 Å². The minimum absolute atomic E-state index is 0.0108. The molecule has 21 heavy (non-hydrogen) atoms. The highest BCUT2D eigenvalue weighted by atomic mass is 35.5. The van der Waals surface area contributed by atoms with Gasteiger partial charge in [0, 0.05) is 24.3 Å². The molecule has 0 unspecified atom stereocenters. The van der Waals surface area contributed by atoms with Crippen LogP contribution in [0.4, 0.5) is 0 Å². The molecule has 0 radical (unpaired) electrons. The van der Waals surface area contributed by atoms with Gasteiger partial charge in [-0.2, -0.15) is 0 Å². The molecular formula is C16H26ClN3O. The first kappa shape index (κ1) is 17.9. The zero-order chi connectivity index (χ0) is 16.2. The number of nitrogens with zero attached hydrogens (tertiary/aromatic N) is 2. The van der Waals surface area contributed by atoms with Gasteiger partial charge in [0.25, 0.3) is 5.91 Å². The molecule has 0 saturated carbocycles. The van der Waals surface area contributed by atoms with Crippen molar-refractivity contribution in [3.05, 3.63) is 28.5 Å². The van der Waals surface area contributed by atoms with Crippen molar-refractivity contribution in [2.24, 2.45) is 5.41 Å². The van der Waals surface area contributed by atoms with E-state index in [1.807, 2.05) is 34.0 Å². The molecule has 1 amide bonds. The van der Waals surface area contributed by atoms with Crippen molar-refractivity contribution in [3.63, 3.8) is 0 Å². The lowest BCUT2D eigenvalue weighted by Gasteiger charge is -2.28. The molecule has 1 N–H and O–H groups in total. The van der Waals surface area contributed by atoms with Crippen molar-refractivity contribution in [1.29, 1.82) is 0 Å². The van der Waals surface area contributed by atoms with Gasteiger partial charge in [-0.1, -0.05) is 39.3 Å². The van der Waals surface area contributed by atoms with Crippen LogP contribution >= 0.6 is 11.6 Å². The van der Waals surface area contributed by atoms with Crippen LogP contribution in [-0.2, 0) is 0 Å². The standard InChI is InChI=1S/C16H26ClN3O/c1-11(2)13-7-12(8-14(17)19-13)15(21)18-9-16(3,4)10-20(5)6/h7-8,11H,9-10H2,1-6H3,(H,18,21). The third-order valence-corrected chi connectivity index (χ3v) is 3.33. The minimum atomic E-state index is -0.104. The summed E-state index contributed by atoms with van der Waals surface area (Å²) in [5.41, 5.74) is 1.41. The summed E-state index contributed by atoms with van der Waals surface area (Å²) < 4.78 is 0. The normalized spacial score (nSPS) is 12.0. The van der Waals surface area contributed by atoms with Crippen LogP contribution < -0.4 is 5.32 Å². The van der Waals surface area contributed by atoms with E-state index in [1.54, 1.807) is 6.07 Å². The first-order valence-electron chi connectivity index (χ1n) is 7.21. The van der Waals surface area contributed by atoms with Crippen molar-refractivity contribution in [2.75, 3.05) is 27.2 Å². The number of halogens is 1. The van der Waals surface area contributed by atoms with E-state index in [0.717, 1.165) is 12.2 Å². The van der Waals surface area contributed by atoms with Gasteiger partial charge < -0.3 is 10.2 Å². The Morgan fingerprint density at radius 2 is 2.00 bits per heavy atom. The Hall–Kier alpha value is -1.13. The van der Waals surface area contributed by atoms with Crippen LogP contribution in [0.15, 0.2) is 12.1 Å². The second-order valence-corrected chi connectivity index (χ2v) is 7.23. The van der Waals surface area contributed by atoms with E-state index >= 15 is 0 Å². The summed E-state index contributed by atoms with van der Waals surface area (Å²) in [5, 5.41) is 3.35. The third kappa shape index (κ3) is 6.02. The Morgan fingerprint density at radius 3 is 2.52 bits per heavy atom. The van der Waals surface area contributed by atoms with Crippen LogP contribution in [0.5, 0.6) is 0 Å². The zero-order valence-electron chi connectivity index (χ0n) is 13.8. The molecule has 118 valence electrons. The summed E-state index contributed by atoms with van der Waals surface area (Å²) >= 11 is 6.00. The summed E-state index contributed by atoms with van der Waals surface area (Å²) in [5.74, 6) is 0.133. The van der Waals surface area contributed by atoms with Crippen LogP contribution in [-0.4, -0.2) is 43.0 Å². The largest absolute Gasteiger partial charge is 0.351 e. The van der Waals surface area contributed by atoms with Gasteiger partial charge in [0.2, 0.25) is 0 Å². The molecule has 0 aliphatic heterocycles. The summed E-state index contributed by atoms with van der Waals surface area (Å²) in [4.78, 5) is 18.7. The number of nitrogens with one attached hydrogen (secondary N) is 1. The summed E-state index contributed by atoms with van der Waals surface area (Å²) in [6.45, 7) is 9.84. The molecule has 0 saturated heterocycles. The van der Waals surface area contributed by atoms with Crippen LogP contribution in [0.25, 0.3) is 0 Å². The van der Waals surface area contributed by atoms with E-state index < -0.39 is 0 Å². The topological polar surface area (TPSA) is 45.2 Å². The second-order valence-electron chi connectivity index (χ2n) is 6.84. The van der Waals surface area contributed by atoms with E-state index in [4.69, 9.17) is 11.6 Å². The molecule has 0 bridgehead atoms. The first-order valence-corrected chi connectivity index (χ1v) is 7.59. The molecule has 1 aromatic rings. The highest BCUT2D eigenvalue weighted by Gasteiger charge is 2.20. The van der Waals surface area contributed by atoms with Crippen LogP contribution in [0.1, 0.15) is 49.7 Å². The van der Waals surface area contributed by atoms with E-state index in [-0.39, 0.29) is 17.2 Å². The lowest BCUT2D eigenvalue weighted by molar-refractivity contribution is 0.0929. The number of carbonyl (C=O) groups excluding carboxylic acids is 1. The Bertz CT molecular complexity index is 498. The van der Waals surface area contributed by atoms with E-state index in [9.17, 15) is 4.79 Å². The quantitative estimate of drug-likeness (QED) is 0.821. The Balaban J connectivity index is 2.76. The zero-order valence-corrected chi connectivity index (χ0v) is 14.6. The number of rotatable bonds is 6. The van der Waals surface area contributed by atoms with Crippen LogP contribution in [0.3, 0.4) is 0 Å². The molecular weight excluding hydrogens is 286 g/mol. The third-order valence-electron chi connectivity index (χ3n) is 3.14. The highest BCUT2D eigenvalue weighted by Crippen LogP contribution is 2.18. The number of pyridine rings is 1. The Morgan fingerprint density at radius 1 is 1.38 bits per heavy atom. The summed E-state index contributed by atoms with van der Waals surface area (Å²) in [7, 11) is 4.06. The molecule has 1 aromatic heterocycles. The average Bonchev–Trinajstić information content (AvgIpc) is 2.33. The predicted molar refractivity (Wildman–Crippen MR) is 88.0 cm³/mol. The summed E-state index contributed by atoms with van der Waals surface area (Å²) in [6.07, 6.45) is 0. The lowest BCUT2D eigenvalue weighted by Crippen LogP contribution is -2.40. The Labute approximate surface area is 132 Å². The fourth-order valence-electron chi connectivity index (χ4n) is 2.28. The van der Waals surface area contributed by atoms with Crippen LogP contribution in [0, 0.1) is 5.41 Å². The maximum atomic E-state index is 12.3. The smallest absolute Gasteiger partial charge is 0.251 e.